The maximum Gasteiger partial charge on any atom is 0.191 e. The zero-order chi connectivity index (χ0) is 21.2. The number of benzene rings is 1. The number of aliphatic imine (C=N–C) groups is 1. The Kier molecular flexibility index (Phi) is 8.64. The highest BCUT2D eigenvalue weighted by atomic mass is 16.5. The van der Waals surface area contributed by atoms with Crippen LogP contribution in [0.3, 0.4) is 0 Å². The minimum Gasteiger partial charge on any atom is -0.496 e. The van der Waals surface area contributed by atoms with E-state index in [-0.39, 0.29) is 0 Å². The fourth-order valence-corrected chi connectivity index (χ4v) is 3.07. The quantitative estimate of drug-likeness (QED) is 0.361. The molecule has 2 aromatic rings. The molecule has 1 aromatic heterocycles. The van der Waals surface area contributed by atoms with Crippen LogP contribution in [0.4, 0.5) is 0 Å². The van der Waals surface area contributed by atoms with Crippen LogP contribution in [0, 0.1) is 13.8 Å². The van der Waals surface area contributed by atoms with Gasteiger partial charge in [-0.05, 0) is 33.3 Å². The topological polar surface area (TPSA) is 81.9 Å². The number of methoxy groups -OCH3 is 3. The van der Waals surface area contributed by atoms with E-state index in [2.05, 4.69) is 28.7 Å². The Balaban J connectivity index is 2.02. The van der Waals surface area contributed by atoms with Crippen LogP contribution in [0.1, 0.15) is 30.3 Å². The van der Waals surface area contributed by atoms with Crippen molar-refractivity contribution in [3.05, 3.63) is 35.2 Å². The molecule has 0 aliphatic heterocycles. The van der Waals surface area contributed by atoms with Gasteiger partial charge in [0.1, 0.15) is 17.2 Å². The molecular weight excluding hydrogens is 370 g/mol. The summed E-state index contributed by atoms with van der Waals surface area (Å²) in [6.07, 6.45) is 0.946. The summed E-state index contributed by atoms with van der Waals surface area (Å²) < 4.78 is 18.3. The smallest absolute Gasteiger partial charge is 0.191 e. The second-order valence-corrected chi connectivity index (χ2v) is 6.64. The molecule has 2 rings (SSSR count). The van der Waals surface area contributed by atoms with Crippen LogP contribution in [0.2, 0.25) is 0 Å². The number of hydrogen-bond acceptors (Lipinski definition) is 5. The monoisotopic (exact) mass is 403 g/mol. The van der Waals surface area contributed by atoms with E-state index in [1.165, 1.54) is 5.69 Å². The summed E-state index contributed by atoms with van der Waals surface area (Å²) in [6.45, 7) is 8.99. The van der Waals surface area contributed by atoms with Crippen molar-refractivity contribution in [2.24, 2.45) is 4.99 Å². The molecular formula is C21H33N5O3. The third-order valence-corrected chi connectivity index (χ3v) is 4.50. The Bertz CT molecular complexity index is 792. The standard InChI is InChI=1S/C21H33N5O3/c1-7-22-21(23-9-8-10-26-16(3)11-15(2)25-26)24-14-18-19(28-5)12-17(27-4)13-20(18)29-6/h11-13H,7-10,14H2,1-6H3,(H2,22,23,24). The van der Waals surface area contributed by atoms with Gasteiger partial charge in [-0.15, -0.1) is 0 Å². The van der Waals surface area contributed by atoms with Gasteiger partial charge in [0.25, 0.3) is 0 Å². The summed E-state index contributed by atoms with van der Waals surface area (Å²) in [5.74, 6) is 2.80. The van der Waals surface area contributed by atoms with Gasteiger partial charge in [0, 0.05) is 37.5 Å². The largest absolute Gasteiger partial charge is 0.496 e. The van der Waals surface area contributed by atoms with Crippen molar-refractivity contribution >= 4 is 5.96 Å². The Hall–Kier alpha value is -2.90. The van der Waals surface area contributed by atoms with E-state index in [1.807, 2.05) is 30.7 Å². The first-order valence-corrected chi connectivity index (χ1v) is 9.84. The number of ether oxygens (including phenoxy) is 3. The zero-order valence-electron chi connectivity index (χ0n) is 18.3. The van der Waals surface area contributed by atoms with Crippen molar-refractivity contribution in [3.63, 3.8) is 0 Å². The Morgan fingerprint density at radius 3 is 2.24 bits per heavy atom. The average Bonchev–Trinajstić information content (AvgIpc) is 3.05. The van der Waals surface area contributed by atoms with E-state index in [4.69, 9.17) is 19.2 Å². The second-order valence-electron chi connectivity index (χ2n) is 6.64. The van der Waals surface area contributed by atoms with Gasteiger partial charge in [-0.1, -0.05) is 0 Å². The van der Waals surface area contributed by atoms with Crippen molar-refractivity contribution in [3.8, 4) is 17.2 Å². The van der Waals surface area contributed by atoms with Crippen molar-refractivity contribution in [1.29, 1.82) is 0 Å². The molecule has 0 aliphatic rings. The highest BCUT2D eigenvalue weighted by molar-refractivity contribution is 5.79. The van der Waals surface area contributed by atoms with Gasteiger partial charge in [-0.3, -0.25) is 4.68 Å². The number of aryl methyl sites for hydroxylation is 3. The van der Waals surface area contributed by atoms with Gasteiger partial charge in [-0.25, -0.2) is 4.99 Å². The number of nitrogens with zero attached hydrogens (tertiary/aromatic N) is 3. The average molecular weight is 404 g/mol. The molecule has 0 saturated carbocycles. The van der Waals surface area contributed by atoms with Gasteiger partial charge < -0.3 is 24.8 Å². The van der Waals surface area contributed by atoms with Crippen molar-refractivity contribution < 1.29 is 14.2 Å². The van der Waals surface area contributed by atoms with Crippen LogP contribution >= 0.6 is 0 Å². The Morgan fingerprint density at radius 2 is 1.72 bits per heavy atom. The van der Waals surface area contributed by atoms with E-state index in [0.717, 1.165) is 43.3 Å². The molecule has 0 bridgehead atoms. The molecule has 0 aliphatic carbocycles. The lowest BCUT2D eigenvalue weighted by atomic mass is 10.1. The maximum atomic E-state index is 5.50. The summed E-state index contributed by atoms with van der Waals surface area (Å²) in [5.41, 5.74) is 3.10. The van der Waals surface area contributed by atoms with Crippen molar-refractivity contribution in [2.45, 2.75) is 40.3 Å². The molecule has 0 atom stereocenters. The third kappa shape index (κ3) is 6.30. The predicted molar refractivity (Wildman–Crippen MR) is 115 cm³/mol. The predicted octanol–water partition coefficient (Wildman–Crippen LogP) is 2.67. The molecule has 2 N–H and O–H groups in total. The molecule has 29 heavy (non-hydrogen) atoms. The molecule has 0 amide bonds. The first-order chi connectivity index (χ1) is 14.0. The lowest BCUT2D eigenvalue weighted by Gasteiger charge is -2.15. The molecule has 0 saturated heterocycles. The third-order valence-electron chi connectivity index (χ3n) is 4.50. The summed E-state index contributed by atoms with van der Waals surface area (Å²) in [7, 11) is 4.87. The van der Waals surface area contributed by atoms with E-state index in [1.54, 1.807) is 21.3 Å². The molecule has 0 radical (unpaired) electrons. The molecule has 8 heteroatoms. The van der Waals surface area contributed by atoms with Gasteiger partial charge >= 0.3 is 0 Å². The number of guanidine groups is 1. The molecule has 0 fully saturated rings. The van der Waals surface area contributed by atoms with E-state index >= 15 is 0 Å². The lowest BCUT2D eigenvalue weighted by molar-refractivity contribution is 0.369. The van der Waals surface area contributed by atoms with Crippen LogP contribution in [-0.2, 0) is 13.1 Å². The van der Waals surface area contributed by atoms with E-state index in [9.17, 15) is 0 Å². The number of aromatic nitrogens is 2. The molecule has 0 spiro atoms. The Labute approximate surface area is 173 Å². The fraction of sp³-hybridized carbons (Fsp3) is 0.524. The normalized spacial score (nSPS) is 11.3. The molecule has 1 aromatic carbocycles. The summed E-state index contributed by atoms with van der Waals surface area (Å²) in [6, 6.07) is 5.76. The first kappa shape index (κ1) is 22.4. The van der Waals surface area contributed by atoms with Crippen LogP contribution in [0.5, 0.6) is 17.2 Å². The fourth-order valence-electron chi connectivity index (χ4n) is 3.07. The number of hydrogen-bond donors (Lipinski definition) is 2. The number of rotatable bonds is 10. The van der Waals surface area contributed by atoms with Gasteiger partial charge in [0.2, 0.25) is 0 Å². The highest BCUT2D eigenvalue weighted by Gasteiger charge is 2.13. The molecule has 1 heterocycles. The maximum absolute atomic E-state index is 5.50. The van der Waals surface area contributed by atoms with E-state index < -0.39 is 0 Å². The van der Waals surface area contributed by atoms with Crippen LogP contribution < -0.4 is 24.8 Å². The van der Waals surface area contributed by atoms with Gasteiger partial charge in [0.05, 0.1) is 39.1 Å². The van der Waals surface area contributed by atoms with E-state index in [0.29, 0.717) is 23.8 Å². The molecule has 8 nitrogen and oxygen atoms in total. The minimum absolute atomic E-state index is 0.420. The summed E-state index contributed by atoms with van der Waals surface area (Å²) in [4.78, 5) is 4.69. The van der Waals surface area contributed by atoms with Crippen molar-refractivity contribution in [1.82, 2.24) is 20.4 Å². The Morgan fingerprint density at radius 1 is 1.03 bits per heavy atom. The number of nitrogens with one attached hydrogen (secondary N) is 2. The van der Waals surface area contributed by atoms with Crippen LogP contribution in [0.25, 0.3) is 0 Å². The second kappa shape index (κ2) is 11.2. The first-order valence-electron chi connectivity index (χ1n) is 9.84. The van der Waals surface area contributed by atoms with Gasteiger partial charge in [0.15, 0.2) is 5.96 Å². The summed E-state index contributed by atoms with van der Waals surface area (Å²) in [5, 5.41) is 11.1. The van der Waals surface area contributed by atoms with Crippen molar-refractivity contribution in [2.75, 3.05) is 34.4 Å². The summed E-state index contributed by atoms with van der Waals surface area (Å²) >= 11 is 0. The van der Waals surface area contributed by atoms with Gasteiger partial charge in [-0.2, -0.15) is 5.10 Å². The molecule has 160 valence electrons. The minimum atomic E-state index is 0.420. The lowest BCUT2D eigenvalue weighted by Crippen LogP contribution is -2.38. The van der Waals surface area contributed by atoms with Crippen LogP contribution in [0.15, 0.2) is 23.2 Å². The molecule has 0 unspecified atom stereocenters. The zero-order valence-corrected chi connectivity index (χ0v) is 18.3. The highest BCUT2D eigenvalue weighted by Crippen LogP contribution is 2.34. The van der Waals surface area contributed by atoms with Crippen LogP contribution in [-0.4, -0.2) is 50.2 Å². The SMILES string of the molecule is CCNC(=NCc1c(OC)cc(OC)cc1OC)NCCCn1nc(C)cc1C.